The Morgan fingerprint density at radius 3 is 2.88 bits per heavy atom. The number of fused-ring (bicyclic) bond motifs is 1. The number of imidazole rings is 1. The van der Waals surface area contributed by atoms with Crippen LogP contribution in [-0.2, 0) is 7.05 Å². The van der Waals surface area contributed by atoms with E-state index in [1.54, 1.807) is 0 Å². The highest BCUT2D eigenvalue weighted by molar-refractivity contribution is 7.98. The van der Waals surface area contributed by atoms with E-state index in [0.29, 0.717) is 6.04 Å². The molecule has 1 unspecified atom stereocenters. The van der Waals surface area contributed by atoms with E-state index in [2.05, 4.69) is 34.1 Å². The summed E-state index contributed by atoms with van der Waals surface area (Å²) in [7, 11) is 2.05. The predicted octanol–water partition coefficient (Wildman–Crippen LogP) is 2.74. The quantitative estimate of drug-likeness (QED) is 0.883. The molecule has 16 heavy (non-hydrogen) atoms. The van der Waals surface area contributed by atoms with Crippen LogP contribution in [0.1, 0.15) is 6.92 Å². The molecule has 0 aliphatic carbocycles. The van der Waals surface area contributed by atoms with Crippen molar-refractivity contribution in [1.29, 1.82) is 0 Å². The van der Waals surface area contributed by atoms with Gasteiger partial charge in [-0.15, -0.1) is 0 Å². The van der Waals surface area contributed by atoms with Gasteiger partial charge in [-0.2, -0.15) is 11.8 Å². The van der Waals surface area contributed by atoms with Crippen LogP contribution in [0.5, 0.6) is 0 Å². The predicted molar refractivity (Wildman–Crippen MR) is 72.2 cm³/mol. The second-order valence-corrected chi connectivity index (χ2v) is 4.89. The average Bonchev–Trinajstić information content (AvgIpc) is 2.57. The number of hydrogen-bond donors (Lipinski definition) is 1. The van der Waals surface area contributed by atoms with E-state index in [0.717, 1.165) is 17.2 Å². The molecule has 0 spiro atoms. The summed E-state index contributed by atoms with van der Waals surface area (Å²) >= 11 is 1.84. The molecular formula is C12H17N3S. The topological polar surface area (TPSA) is 29.9 Å². The van der Waals surface area contributed by atoms with E-state index in [9.17, 15) is 0 Å². The molecule has 86 valence electrons. The molecule has 0 saturated heterocycles. The number of rotatable bonds is 4. The third-order valence-corrected chi connectivity index (χ3v) is 3.41. The fourth-order valence-electron chi connectivity index (χ4n) is 1.79. The van der Waals surface area contributed by atoms with Crippen molar-refractivity contribution >= 4 is 28.7 Å². The highest BCUT2D eigenvalue weighted by Crippen LogP contribution is 2.18. The highest BCUT2D eigenvalue weighted by atomic mass is 32.2. The van der Waals surface area contributed by atoms with Gasteiger partial charge in [0.25, 0.3) is 0 Å². The van der Waals surface area contributed by atoms with Crippen molar-refractivity contribution in [2.75, 3.05) is 17.3 Å². The fraction of sp³-hybridized carbons (Fsp3) is 0.417. The van der Waals surface area contributed by atoms with Crippen LogP contribution in [0.3, 0.4) is 0 Å². The number of para-hydroxylation sites is 2. The Labute approximate surface area is 100 Å². The minimum Gasteiger partial charge on any atom is -0.352 e. The van der Waals surface area contributed by atoms with Crippen LogP contribution >= 0.6 is 11.8 Å². The molecule has 0 fully saturated rings. The first kappa shape index (κ1) is 11.3. The van der Waals surface area contributed by atoms with Crippen LogP contribution in [-0.4, -0.2) is 27.6 Å². The van der Waals surface area contributed by atoms with Gasteiger partial charge in [-0.3, -0.25) is 0 Å². The number of aromatic nitrogens is 2. The Morgan fingerprint density at radius 2 is 2.19 bits per heavy atom. The molecule has 0 radical (unpaired) electrons. The van der Waals surface area contributed by atoms with Crippen LogP contribution in [0, 0.1) is 0 Å². The fourth-order valence-corrected chi connectivity index (χ4v) is 2.37. The lowest BCUT2D eigenvalue weighted by molar-refractivity contribution is 0.852. The third kappa shape index (κ3) is 2.16. The summed E-state index contributed by atoms with van der Waals surface area (Å²) in [6.45, 7) is 2.18. The first-order valence-corrected chi connectivity index (χ1v) is 6.78. The van der Waals surface area contributed by atoms with Gasteiger partial charge in [-0.1, -0.05) is 12.1 Å². The summed E-state index contributed by atoms with van der Waals surface area (Å²) in [4.78, 5) is 4.58. The lowest BCUT2D eigenvalue weighted by Crippen LogP contribution is -2.20. The molecule has 1 atom stereocenters. The van der Waals surface area contributed by atoms with Crippen molar-refractivity contribution in [3.8, 4) is 0 Å². The third-order valence-electron chi connectivity index (χ3n) is 2.58. The standard InChI is InChI=1S/C12H17N3S/c1-9(8-16-3)13-12-14-10-6-4-5-7-11(10)15(12)2/h4-7,9H,8H2,1-3H3,(H,13,14). The number of nitrogens with zero attached hydrogens (tertiary/aromatic N) is 2. The van der Waals surface area contributed by atoms with Crippen LogP contribution in [0.2, 0.25) is 0 Å². The second kappa shape index (κ2) is 4.78. The monoisotopic (exact) mass is 235 g/mol. The Bertz CT molecular complexity index is 478. The summed E-state index contributed by atoms with van der Waals surface area (Å²) in [5, 5.41) is 3.43. The molecule has 0 bridgehead atoms. The van der Waals surface area contributed by atoms with Gasteiger partial charge in [0, 0.05) is 18.8 Å². The lowest BCUT2D eigenvalue weighted by atomic mass is 10.3. The van der Waals surface area contributed by atoms with Gasteiger partial charge in [-0.25, -0.2) is 4.98 Å². The van der Waals surface area contributed by atoms with Crippen LogP contribution < -0.4 is 5.32 Å². The average molecular weight is 235 g/mol. The number of anilines is 1. The zero-order chi connectivity index (χ0) is 11.5. The van der Waals surface area contributed by atoms with Crippen molar-refractivity contribution < 1.29 is 0 Å². The van der Waals surface area contributed by atoms with Crippen molar-refractivity contribution in [3.63, 3.8) is 0 Å². The van der Waals surface area contributed by atoms with E-state index in [-0.39, 0.29) is 0 Å². The van der Waals surface area contributed by atoms with Crippen molar-refractivity contribution in [1.82, 2.24) is 9.55 Å². The van der Waals surface area contributed by atoms with Gasteiger partial charge >= 0.3 is 0 Å². The van der Waals surface area contributed by atoms with Gasteiger partial charge in [0.15, 0.2) is 0 Å². The lowest BCUT2D eigenvalue weighted by Gasteiger charge is -2.12. The van der Waals surface area contributed by atoms with Crippen LogP contribution in [0.4, 0.5) is 5.95 Å². The van der Waals surface area contributed by atoms with E-state index < -0.39 is 0 Å². The SMILES string of the molecule is CSCC(C)Nc1nc2ccccc2n1C. The molecule has 0 amide bonds. The Kier molecular flexibility index (Phi) is 3.39. The van der Waals surface area contributed by atoms with E-state index in [1.165, 1.54) is 5.52 Å². The summed E-state index contributed by atoms with van der Waals surface area (Å²) in [6, 6.07) is 8.63. The maximum absolute atomic E-state index is 4.58. The maximum Gasteiger partial charge on any atom is 0.203 e. The summed E-state index contributed by atoms with van der Waals surface area (Å²) in [5.74, 6) is 2.03. The second-order valence-electron chi connectivity index (χ2n) is 3.98. The van der Waals surface area contributed by atoms with Crippen LogP contribution in [0.15, 0.2) is 24.3 Å². The first-order chi connectivity index (χ1) is 7.72. The molecule has 2 rings (SSSR count). The molecule has 0 aliphatic rings. The molecule has 1 aromatic carbocycles. The Morgan fingerprint density at radius 1 is 1.44 bits per heavy atom. The minimum atomic E-state index is 0.436. The van der Waals surface area contributed by atoms with Gasteiger partial charge < -0.3 is 9.88 Å². The minimum absolute atomic E-state index is 0.436. The number of hydrogen-bond acceptors (Lipinski definition) is 3. The molecule has 1 N–H and O–H groups in total. The molecule has 2 aromatic rings. The number of nitrogens with one attached hydrogen (secondary N) is 1. The molecule has 4 heteroatoms. The van der Waals surface area contributed by atoms with E-state index >= 15 is 0 Å². The molecule has 1 heterocycles. The van der Waals surface area contributed by atoms with Crippen molar-refractivity contribution in [2.24, 2.45) is 7.05 Å². The molecule has 0 aliphatic heterocycles. The molecular weight excluding hydrogens is 218 g/mol. The van der Waals surface area contributed by atoms with Crippen molar-refractivity contribution in [2.45, 2.75) is 13.0 Å². The summed E-state index contributed by atoms with van der Waals surface area (Å²) in [6.07, 6.45) is 2.12. The highest BCUT2D eigenvalue weighted by Gasteiger charge is 2.08. The van der Waals surface area contributed by atoms with E-state index in [4.69, 9.17) is 0 Å². The molecule has 1 aromatic heterocycles. The zero-order valence-electron chi connectivity index (χ0n) is 9.90. The van der Waals surface area contributed by atoms with Gasteiger partial charge in [0.05, 0.1) is 11.0 Å². The molecule has 0 saturated carbocycles. The van der Waals surface area contributed by atoms with Gasteiger partial charge in [-0.05, 0) is 25.3 Å². The summed E-state index contributed by atoms with van der Waals surface area (Å²) < 4.78 is 2.10. The zero-order valence-corrected chi connectivity index (χ0v) is 10.7. The Balaban J connectivity index is 2.27. The molecule has 3 nitrogen and oxygen atoms in total. The Hall–Kier alpha value is -1.16. The summed E-state index contributed by atoms with van der Waals surface area (Å²) in [5.41, 5.74) is 2.21. The van der Waals surface area contributed by atoms with Gasteiger partial charge in [0.2, 0.25) is 5.95 Å². The van der Waals surface area contributed by atoms with E-state index in [1.807, 2.05) is 37.0 Å². The van der Waals surface area contributed by atoms with Crippen LogP contribution in [0.25, 0.3) is 11.0 Å². The normalized spacial score (nSPS) is 12.9. The van der Waals surface area contributed by atoms with Crippen molar-refractivity contribution in [3.05, 3.63) is 24.3 Å². The number of aryl methyl sites for hydroxylation is 1. The largest absolute Gasteiger partial charge is 0.352 e. The first-order valence-electron chi connectivity index (χ1n) is 5.39. The smallest absolute Gasteiger partial charge is 0.203 e. The van der Waals surface area contributed by atoms with Gasteiger partial charge in [0.1, 0.15) is 0 Å². The maximum atomic E-state index is 4.58. The number of benzene rings is 1. The number of thioether (sulfide) groups is 1.